The van der Waals surface area contributed by atoms with Gasteiger partial charge in [-0.1, -0.05) is 42.0 Å². The number of hydrogen-bond acceptors (Lipinski definition) is 5. The van der Waals surface area contributed by atoms with E-state index in [0.29, 0.717) is 30.2 Å². The van der Waals surface area contributed by atoms with Gasteiger partial charge < -0.3 is 14.9 Å². The van der Waals surface area contributed by atoms with Gasteiger partial charge in [0.1, 0.15) is 0 Å². The molecule has 0 atom stereocenters. The molecule has 0 aliphatic carbocycles. The van der Waals surface area contributed by atoms with Crippen molar-refractivity contribution in [1.82, 2.24) is 5.43 Å². The average molecular weight is 376 g/mol. The van der Waals surface area contributed by atoms with Crippen molar-refractivity contribution >= 4 is 11.7 Å². The predicted octanol–water partition coefficient (Wildman–Crippen LogP) is 4.73. The number of para-hydroxylation sites is 1. The minimum absolute atomic E-state index is 0.405. The van der Waals surface area contributed by atoms with E-state index in [2.05, 4.69) is 10.9 Å². The van der Waals surface area contributed by atoms with E-state index in [1.165, 1.54) is 0 Å². The number of nitrogens with one attached hydrogen (secondary N) is 2. The highest BCUT2D eigenvalue weighted by Gasteiger charge is 2.13. The van der Waals surface area contributed by atoms with Crippen molar-refractivity contribution in [1.29, 1.82) is 0 Å². The molecular weight excluding hydrogens is 352 g/mol. The van der Waals surface area contributed by atoms with Crippen molar-refractivity contribution in [2.45, 2.75) is 20.4 Å². The number of ether oxygens (including phenoxy) is 2. The summed E-state index contributed by atoms with van der Waals surface area (Å²) in [5, 5.41) is 0. The summed E-state index contributed by atoms with van der Waals surface area (Å²) >= 11 is 0. The van der Waals surface area contributed by atoms with Gasteiger partial charge in [-0.15, -0.1) is 0 Å². The number of benzene rings is 3. The molecule has 0 saturated heterocycles. The van der Waals surface area contributed by atoms with E-state index in [1.807, 2.05) is 68.4 Å². The zero-order chi connectivity index (χ0) is 19.8. The highest BCUT2D eigenvalue weighted by Crippen LogP contribution is 2.29. The van der Waals surface area contributed by atoms with Gasteiger partial charge in [-0.25, -0.2) is 10.2 Å². The molecule has 0 aliphatic heterocycles. The van der Waals surface area contributed by atoms with Crippen LogP contribution in [0.5, 0.6) is 11.5 Å². The van der Waals surface area contributed by atoms with E-state index in [4.69, 9.17) is 9.47 Å². The Morgan fingerprint density at radius 1 is 0.929 bits per heavy atom. The summed E-state index contributed by atoms with van der Waals surface area (Å²) < 4.78 is 11.2. The molecule has 0 bridgehead atoms. The molecule has 0 heterocycles. The first-order valence-electron chi connectivity index (χ1n) is 9.24. The average Bonchev–Trinajstić information content (AvgIpc) is 2.71. The van der Waals surface area contributed by atoms with Crippen LogP contribution in [0.3, 0.4) is 0 Å². The molecule has 3 aromatic rings. The Hall–Kier alpha value is -3.31. The molecule has 3 rings (SSSR count). The second kappa shape index (κ2) is 9.58. The normalized spacial score (nSPS) is 10.4. The molecule has 3 aromatic carbocycles. The summed E-state index contributed by atoms with van der Waals surface area (Å²) in [6.45, 7) is 4.94. The number of anilines is 1. The van der Waals surface area contributed by atoms with Crippen molar-refractivity contribution in [3.8, 4) is 11.5 Å². The second-order valence-electron chi connectivity index (χ2n) is 6.31. The molecule has 0 saturated carbocycles. The maximum Gasteiger partial charge on any atom is 0.343 e. The third kappa shape index (κ3) is 5.34. The van der Waals surface area contributed by atoms with Crippen molar-refractivity contribution in [2.24, 2.45) is 0 Å². The second-order valence-corrected chi connectivity index (χ2v) is 6.31. The maximum absolute atomic E-state index is 12.4. The molecular formula is C23H24N2O3. The van der Waals surface area contributed by atoms with Gasteiger partial charge in [0.25, 0.3) is 0 Å². The lowest BCUT2D eigenvalue weighted by Gasteiger charge is -2.13. The number of aryl methyl sites for hydroxylation is 1. The molecule has 0 aromatic heterocycles. The highest BCUT2D eigenvalue weighted by molar-refractivity contribution is 5.91. The molecule has 144 valence electrons. The zero-order valence-corrected chi connectivity index (χ0v) is 16.1. The summed E-state index contributed by atoms with van der Waals surface area (Å²) in [4.78, 5) is 12.4. The molecule has 28 heavy (non-hydrogen) atoms. The first-order valence-corrected chi connectivity index (χ1v) is 9.24. The smallest absolute Gasteiger partial charge is 0.343 e. The minimum Gasteiger partial charge on any atom is -0.490 e. The van der Waals surface area contributed by atoms with E-state index < -0.39 is 5.97 Å². The lowest BCUT2D eigenvalue weighted by atomic mass is 10.1. The van der Waals surface area contributed by atoms with Crippen LogP contribution in [0, 0.1) is 6.92 Å². The van der Waals surface area contributed by atoms with Gasteiger partial charge in [-0.05, 0) is 55.8 Å². The SMILES string of the molecule is CCOc1cc(CNNc2ccccc2)ccc1OC(=O)c1ccc(C)cc1. The van der Waals surface area contributed by atoms with Crippen LogP contribution in [0.2, 0.25) is 0 Å². The molecule has 0 unspecified atom stereocenters. The van der Waals surface area contributed by atoms with Gasteiger partial charge in [0, 0.05) is 12.2 Å². The molecule has 0 fully saturated rings. The highest BCUT2D eigenvalue weighted by atomic mass is 16.6. The standard InChI is InChI=1S/C23H24N2O3/c1-3-27-22-15-18(16-24-25-20-7-5-4-6-8-20)11-14-21(22)28-23(26)19-12-9-17(2)10-13-19/h4-15,24-25H,3,16H2,1-2H3. The Morgan fingerprint density at radius 2 is 1.68 bits per heavy atom. The molecule has 0 aliphatic rings. The summed E-state index contributed by atoms with van der Waals surface area (Å²) in [5.74, 6) is 0.548. The van der Waals surface area contributed by atoms with Gasteiger partial charge >= 0.3 is 5.97 Å². The van der Waals surface area contributed by atoms with Gasteiger partial charge in [-0.3, -0.25) is 0 Å². The van der Waals surface area contributed by atoms with E-state index >= 15 is 0 Å². The van der Waals surface area contributed by atoms with E-state index in [-0.39, 0.29) is 0 Å². The number of hydrazine groups is 1. The van der Waals surface area contributed by atoms with E-state index in [9.17, 15) is 4.79 Å². The Labute approximate surface area is 165 Å². The van der Waals surface area contributed by atoms with Crippen LogP contribution in [0.25, 0.3) is 0 Å². The van der Waals surface area contributed by atoms with Crippen molar-refractivity contribution in [3.05, 3.63) is 89.5 Å². The van der Waals surface area contributed by atoms with Gasteiger partial charge in [0.15, 0.2) is 11.5 Å². The fourth-order valence-electron chi connectivity index (χ4n) is 2.63. The molecule has 0 radical (unpaired) electrons. The van der Waals surface area contributed by atoms with Gasteiger partial charge in [0.05, 0.1) is 12.2 Å². The fraction of sp³-hybridized carbons (Fsp3) is 0.174. The van der Waals surface area contributed by atoms with E-state index in [0.717, 1.165) is 16.8 Å². The predicted molar refractivity (Wildman–Crippen MR) is 111 cm³/mol. The minimum atomic E-state index is -0.405. The molecule has 0 amide bonds. The molecule has 5 nitrogen and oxygen atoms in total. The maximum atomic E-state index is 12.4. The third-order valence-corrected chi connectivity index (χ3v) is 4.10. The summed E-state index contributed by atoms with van der Waals surface area (Å²) in [5.41, 5.74) is 9.89. The zero-order valence-electron chi connectivity index (χ0n) is 16.1. The van der Waals surface area contributed by atoms with Crippen LogP contribution < -0.4 is 20.3 Å². The van der Waals surface area contributed by atoms with Crippen molar-refractivity contribution < 1.29 is 14.3 Å². The monoisotopic (exact) mass is 376 g/mol. The fourth-order valence-corrected chi connectivity index (χ4v) is 2.63. The molecule has 5 heteroatoms. The summed E-state index contributed by atoms with van der Waals surface area (Å²) in [6, 6.07) is 22.7. The third-order valence-electron chi connectivity index (χ3n) is 4.10. The topological polar surface area (TPSA) is 59.6 Å². The van der Waals surface area contributed by atoms with Crippen LogP contribution in [0.1, 0.15) is 28.4 Å². The van der Waals surface area contributed by atoms with Crippen LogP contribution in [-0.4, -0.2) is 12.6 Å². The van der Waals surface area contributed by atoms with Gasteiger partial charge in [-0.2, -0.15) is 0 Å². The van der Waals surface area contributed by atoms with Crippen LogP contribution in [0.4, 0.5) is 5.69 Å². The quantitative estimate of drug-likeness (QED) is 0.338. The molecule has 2 N–H and O–H groups in total. The van der Waals surface area contributed by atoms with E-state index in [1.54, 1.807) is 18.2 Å². The number of hydrogen-bond donors (Lipinski definition) is 2. The van der Waals surface area contributed by atoms with Crippen molar-refractivity contribution in [3.63, 3.8) is 0 Å². The Kier molecular flexibility index (Phi) is 6.65. The molecule has 0 spiro atoms. The Bertz CT molecular complexity index is 909. The Balaban J connectivity index is 1.66. The summed E-state index contributed by atoms with van der Waals surface area (Å²) in [7, 11) is 0. The number of carbonyl (C=O) groups excluding carboxylic acids is 1. The van der Waals surface area contributed by atoms with Crippen molar-refractivity contribution in [2.75, 3.05) is 12.0 Å². The number of esters is 1. The Morgan fingerprint density at radius 3 is 2.39 bits per heavy atom. The van der Waals surface area contributed by atoms with Crippen LogP contribution in [-0.2, 0) is 6.54 Å². The summed E-state index contributed by atoms with van der Waals surface area (Å²) in [6.07, 6.45) is 0. The van der Waals surface area contributed by atoms with Crippen LogP contribution in [0.15, 0.2) is 72.8 Å². The largest absolute Gasteiger partial charge is 0.490 e. The number of rotatable bonds is 8. The first-order chi connectivity index (χ1) is 13.7. The first kappa shape index (κ1) is 19.5. The van der Waals surface area contributed by atoms with Crippen LogP contribution >= 0.6 is 0 Å². The lowest BCUT2D eigenvalue weighted by molar-refractivity contribution is 0.0728. The number of carbonyl (C=O) groups is 1. The van der Waals surface area contributed by atoms with Gasteiger partial charge in [0.2, 0.25) is 0 Å². The lowest BCUT2D eigenvalue weighted by Crippen LogP contribution is -2.20.